The van der Waals surface area contributed by atoms with Crippen LogP contribution in [0.15, 0.2) is 18.3 Å². The maximum absolute atomic E-state index is 6.21. The Balaban J connectivity index is 1.92. The molecule has 0 unspecified atom stereocenters. The van der Waals surface area contributed by atoms with Gasteiger partial charge in [0.15, 0.2) is 0 Å². The molecule has 1 aromatic carbocycles. The van der Waals surface area contributed by atoms with E-state index >= 15 is 0 Å². The van der Waals surface area contributed by atoms with E-state index in [-0.39, 0.29) is 0 Å². The van der Waals surface area contributed by atoms with Crippen LogP contribution in [0, 0.1) is 0 Å². The zero-order chi connectivity index (χ0) is 13.5. The van der Waals surface area contributed by atoms with E-state index in [1.165, 1.54) is 6.42 Å². The number of nitrogens with zero attached hydrogens (tertiary/aromatic N) is 2. The van der Waals surface area contributed by atoms with Crippen molar-refractivity contribution < 1.29 is 0 Å². The van der Waals surface area contributed by atoms with E-state index < -0.39 is 0 Å². The smallest absolute Gasteiger partial charge is 0.0672 e. The number of anilines is 2. The quantitative estimate of drug-likeness (QED) is 0.786. The molecule has 0 bridgehead atoms. The summed E-state index contributed by atoms with van der Waals surface area (Å²) in [5.41, 5.74) is 9.24. The summed E-state index contributed by atoms with van der Waals surface area (Å²) in [6.07, 6.45) is 3.00. The van der Waals surface area contributed by atoms with Gasteiger partial charge in [-0.1, -0.05) is 13.8 Å². The van der Waals surface area contributed by atoms with E-state index in [9.17, 15) is 0 Å². The monoisotopic (exact) mass is 276 g/mol. The van der Waals surface area contributed by atoms with Crippen molar-refractivity contribution in [3.63, 3.8) is 0 Å². The SMILES string of the molecule is CC1(C)CCN(c2cc3[nH]ncc3cc2N)CCS1. The summed E-state index contributed by atoms with van der Waals surface area (Å²) in [7, 11) is 0. The average Bonchev–Trinajstić information content (AvgIpc) is 2.71. The van der Waals surface area contributed by atoms with Crippen molar-refractivity contribution in [1.29, 1.82) is 0 Å². The number of hydrogen-bond donors (Lipinski definition) is 2. The highest BCUT2D eigenvalue weighted by Gasteiger charge is 2.24. The van der Waals surface area contributed by atoms with Gasteiger partial charge in [-0.2, -0.15) is 16.9 Å². The molecule has 1 aliphatic rings. The number of H-pyrrole nitrogens is 1. The number of aromatic amines is 1. The first-order valence-corrected chi connectivity index (χ1v) is 7.65. The standard InChI is InChI=1S/C14H20N4S/c1-14(2)3-4-18(5-6-19-14)13-8-12-10(7-11(13)15)9-16-17-12/h7-9H,3-6,15H2,1-2H3,(H,16,17). The van der Waals surface area contributed by atoms with Gasteiger partial charge in [0.25, 0.3) is 0 Å². The highest BCUT2D eigenvalue weighted by molar-refractivity contribution is 8.00. The summed E-state index contributed by atoms with van der Waals surface area (Å²) in [5, 5.41) is 8.16. The van der Waals surface area contributed by atoms with Gasteiger partial charge in [-0.05, 0) is 18.6 Å². The van der Waals surface area contributed by atoms with Crippen LogP contribution in [0.5, 0.6) is 0 Å². The van der Waals surface area contributed by atoms with Crippen LogP contribution in [0.25, 0.3) is 10.9 Å². The van der Waals surface area contributed by atoms with Crippen molar-refractivity contribution in [2.75, 3.05) is 29.5 Å². The Morgan fingerprint density at radius 3 is 3.05 bits per heavy atom. The normalized spacial score (nSPS) is 19.6. The van der Waals surface area contributed by atoms with E-state index in [4.69, 9.17) is 5.73 Å². The van der Waals surface area contributed by atoms with Crippen LogP contribution in [-0.2, 0) is 0 Å². The van der Waals surface area contributed by atoms with Gasteiger partial charge in [0.1, 0.15) is 0 Å². The summed E-state index contributed by atoms with van der Waals surface area (Å²) in [5.74, 6) is 1.15. The molecular formula is C14H20N4S. The van der Waals surface area contributed by atoms with Crippen LogP contribution in [0.2, 0.25) is 0 Å². The number of aromatic nitrogens is 2. The zero-order valence-electron chi connectivity index (χ0n) is 11.4. The molecule has 0 atom stereocenters. The highest BCUT2D eigenvalue weighted by Crippen LogP contribution is 2.35. The van der Waals surface area contributed by atoms with Gasteiger partial charge in [-0.3, -0.25) is 5.10 Å². The molecule has 1 fully saturated rings. The molecular weight excluding hydrogens is 256 g/mol. The van der Waals surface area contributed by atoms with Crippen LogP contribution < -0.4 is 10.6 Å². The minimum Gasteiger partial charge on any atom is -0.397 e. The molecule has 0 saturated carbocycles. The van der Waals surface area contributed by atoms with E-state index in [0.29, 0.717) is 4.75 Å². The van der Waals surface area contributed by atoms with Gasteiger partial charge in [0, 0.05) is 29.0 Å². The predicted molar refractivity (Wildman–Crippen MR) is 83.9 cm³/mol. The lowest BCUT2D eigenvalue weighted by Crippen LogP contribution is -2.27. The fourth-order valence-corrected chi connectivity index (χ4v) is 3.63. The second-order valence-electron chi connectivity index (χ2n) is 5.71. The number of nitrogens with one attached hydrogen (secondary N) is 1. The molecule has 1 aromatic heterocycles. The molecule has 1 aliphatic heterocycles. The second-order valence-corrected chi connectivity index (χ2v) is 7.52. The molecule has 2 heterocycles. The first-order valence-electron chi connectivity index (χ1n) is 6.67. The van der Waals surface area contributed by atoms with Gasteiger partial charge < -0.3 is 10.6 Å². The minimum atomic E-state index is 0.363. The third-order valence-electron chi connectivity index (χ3n) is 3.77. The Hall–Kier alpha value is -1.36. The van der Waals surface area contributed by atoms with Gasteiger partial charge in [-0.25, -0.2) is 0 Å². The molecule has 102 valence electrons. The van der Waals surface area contributed by atoms with Gasteiger partial charge in [-0.15, -0.1) is 0 Å². The van der Waals surface area contributed by atoms with E-state index in [0.717, 1.165) is 41.1 Å². The average molecular weight is 276 g/mol. The molecule has 5 heteroatoms. The Bertz CT molecular complexity index is 590. The minimum absolute atomic E-state index is 0.363. The molecule has 3 N–H and O–H groups in total. The topological polar surface area (TPSA) is 57.9 Å². The van der Waals surface area contributed by atoms with E-state index in [2.05, 4.69) is 35.0 Å². The molecule has 0 radical (unpaired) electrons. The van der Waals surface area contributed by atoms with E-state index in [1.807, 2.05) is 24.0 Å². The van der Waals surface area contributed by atoms with E-state index in [1.54, 1.807) is 0 Å². The van der Waals surface area contributed by atoms with Crippen molar-refractivity contribution in [3.05, 3.63) is 18.3 Å². The van der Waals surface area contributed by atoms with Crippen molar-refractivity contribution in [2.45, 2.75) is 25.0 Å². The summed E-state index contributed by atoms with van der Waals surface area (Å²) in [4.78, 5) is 2.40. The van der Waals surface area contributed by atoms with Crippen molar-refractivity contribution in [2.24, 2.45) is 0 Å². The summed E-state index contributed by atoms with van der Waals surface area (Å²) >= 11 is 2.05. The van der Waals surface area contributed by atoms with Crippen molar-refractivity contribution in [3.8, 4) is 0 Å². The lowest BCUT2D eigenvalue weighted by molar-refractivity contribution is 0.638. The molecule has 2 aromatic rings. The number of fused-ring (bicyclic) bond motifs is 1. The number of nitrogens with two attached hydrogens (primary N) is 1. The Labute approximate surface area is 117 Å². The summed E-state index contributed by atoms with van der Waals surface area (Å²) in [6.45, 7) is 6.76. The maximum atomic E-state index is 6.21. The molecule has 4 nitrogen and oxygen atoms in total. The second kappa shape index (κ2) is 4.63. The first-order chi connectivity index (χ1) is 9.05. The maximum Gasteiger partial charge on any atom is 0.0672 e. The predicted octanol–water partition coefficient (Wildman–Crippen LogP) is 2.87. The number of benzene rings is 1. The highest BCUT2D eigenvalue weighted by atomic mass is 32.2. The van der Waals surface area contributed by atoms with Crippen LogP contribution >= 0.6 is 11.8 Å². The van der Waals surface area contributed by atoms with Crippen LogP contribution in [0.1, 0.15) is 20.3 Å². The van der Waals surface area contributed by atoms with Gasteiger partial charge in [0.2, 0.25) is 0 Å². The lowest BCUT2D eigenvalue weighted by atomic mass is 10.1. The van der Waals surface area contributed by atoms with Crippen molar-refractivity contribution >= 4 is 34.0 Å². The Morgan fingerprint density at radius 1 is 1.37 bits per heavy atom. The van der Waals surface area contributed by atoms with Crippen molar-refractivity contribution in [1.82, 2.24) is 10.2 Å². The summed E-state index contributed by atoms with van der Waals surface area (Å²) < 4.78 is 0.363. The number of thioether (sulfide) groups is 1. The Kier molecular flexibility index (Phi) is 3.09. The van der Waals surface area contributed by atoms with Gasteiger partial charge >= 0.3 is 0 Å². The molecule has 19 heavy (non-hydrogen) atoms. The zero-order valence-corrected chi connectivity index (χ0v) is 12.3. The lowest BCUT2D eigenvalue weighted by Gasteiger charge is -2.25. The largest absolute Gasteiger partial charge is 0.397 e. The molecule has 0 spiro atoms. The van der Waals surface area contributed by atoms with Crippen LogP contribution in [0.3, 0.4) is 0 Å². The molecule has 1 saturated heterocycles. The third-order valence-corrected chi connectivity index (χ3v) is 5.14. The Morgan fingerprint density at radius 2 is 2.21 bits per heavy atom. The molecule has 3 rings (SSSR count). The molecule has 0 amide bonds. The molecule has 0 aliphatic carbocycles. The fraction of sp³-hybridized carbons (Fsp3) is 0.500. The first kappa shape index (κ1) is 12.7. The number of nitrogen functional groups attached to an aromatic ring is 1. The third kappa shape index (κ3) is 2.52. The van der Waals surface area contributed by atoms with Gasteiger partial charge in [0.05, 0.1) is 23.1 Å². The number of hydrogen-bond acceptors (Lipinski definition) is 4. The van der Waals surface area contributed by atoms with Crippen LogP contribution in [0.4, 0.5) is 11.4 Å². The summed E-state index contributed by atoms with van der Waals surface area (Å²) in [6, 6.07) is 4.14. The van der Waals surface area contributed by atoms with Crippen LogP contribution in [-0.4, -0.2) is 33.8 Å². The fourth-order valence-electron chi connectivity index (χ4n) is 2.53. The number of rotatable bonds is 1.